The van der Waals surface area contributed by atoms with Crippen LogP contribution in [-0.4, -0.2) is 47.3 Å². The number of nitrogens with one attached hydrogen (secondary N) is 1. The minimum atomic E-state index is -0.191. The predicted octanol–water partition coefficient (Wildman–Crippen LogP) is 4.70. The van der Waals surface area contributed by atoms with Crippen molar-refractivity contribution in [2.45, 2.75) is 26.4 Å². The largest absolute Gasteiger partial charge is 0.334 e. The number of nitrogens with zero attached hydrogens (tertiary/aromatic N) is 2. The number of carbonyl (C=O) groups excluding carboxylic acids is 2. The van der Waals surface area contributed by atoms with E-state index < -0.39 is 0 Å². The van der Waals surface area contributed by atoms with Gasteiger partial charge in [-0.25, -0.2) is 0 Å². The van der Waals surface area contributed by atoms with Crippen molar-refractivity contribution >= 4 is 46.8 Å². The summed E-state index contributed by atoms with van der Waals surface area (Å²) in [6.07, 6.45) is 3.27. The highest BCUT2D eigenvalue weighted by atomic mass is 35.5. The van der Waals surface area contributed by atoms with Crippen LogP contribution < -0.4 is 5.32 Å². The van der Waals surface area contributed by atoms with Gasteiger partial charge in [0, 0.05) is 61.0 Å². The second-order valence-corrected chi connectivity index (χ2v) is 8.36. The van der Waals surface area contributed by atoms with Crippen LogP contribution in [-0.2, 0) is 16.1 Å². The number of benzene rings is 2. The van der Waals surface area contributed by atoms with Crippen LogP contribution in [0.4, 0.5) is 5.69 Å². The van der Waals surface area contributed by atoms with Crippen molar-refractivity contribution in [3.05, 3.63) is 69.7 Å². The first-order chi connectivity index (χ1) is 14.3. The lowest BCUT2D eigenvalue weighted by Gasteiger charge is -2.39. The summed E-state index contributed by atoms with van der Waals surface area (Å²) in [4.78, 5) is 28.4. The zero-order valence-corrected chi connectivity index (χ0v) is 18.6. The molecule has 2 aromatic rings. The van der Waals surface area contributed by atoms with E-state index in [2.05, 4.69) is 17.1 Å². The van der Waals surface area contributed by atoms with Gasteiger partial charge in [-0.1, -0.05) is 41.4 Å². The van der Waals surface area contributed by atoms with E-state index in [1.807, 2.05) is 29.2 Å². The third-order valence-electron chi connectivity index (χ3n) is 5.05. The van der Waals surface area contributed by atoms with E-state index in [1.165, 1.54) is 12.5 Å². The van der Waals surface area contributed by atoms with Crippen LogP contribution in [0.1, 0.15) is 25.0 Å². The minimum Gasteiger partial charge on any atom is -0.334 e. The van der Waals surface area contributed by atoms with E-state index in [9.17, 15) is 9.59 Å². The molecule has 1 heterocycles. The lowest BCUT2D eigenvalue weighted by atomic mass is 10.1. The van der Waals surface area contributed by atoms with E-state index in [1.54, 1.807) is 30.4 Å². The Bertz CT molecular complexity index is 944. The van der Waals surface area contributed by atoms with Crippen molar-refractivity contribution in [3.8, 4) is 0 Å². The number of hydrogen-bond acceptors (Lipinski definition) is 3. The fraction of sp³-hybridized carbons (Fsp3) is 0.304. The highest BCUT2D eigenvalue weighted by molar-refractivity contribution is 6.31. The standard InChI is InChI=1S/C23H25Cl2N3O2/c1-16-14-27(15-18-3-7-20(24)8-4-18)11-12-28(16)23(30)10-6-19-5-9-21(25)13-22(19)26-17(2)29/h3-10,13,16H,11-12,14-15H2,1-2H3,(H,26,29)/b10-6+. The molecule has 158 valence electrons. The minimum absolute atomic E-state index is 0.0441. The summed E-state index contributed by atoms with van der Waals surface area (Å²) in [5, 5.41) is 4.00. The van der Waals surface area contributed by atoms with Gasteiger partial charge < -0.3 is 10.2 Å². The summed E-state index contributed by atoms with van der Waals surface area (Å²) >= 11 is 12.0. The van der Waals surface area contributed by atoms with Crippen LogP contribution >= 0.6 is 23.2 Å². The summed E-state index contributed by atoms with van der Waals surface area (Å²) in [6.45, 7) is 6.61. The number of amides is 2. The van der Waals surface area contributed by atoms with Gasteiger partial charge in [0.2, 0.25) is 11.8 Å². The van der Waals surface area contributed by atoms with Crippen LogP contribution in [0.3, 0.4) is 0 Å². The predicted molar refractivity (Wildman–Crippen MR) is 123 cm³/mol. The van der Waals surface area contributed by atoms with Crippen molar-refractivity contribution in [1.29, 1.82) is 0 Å². The topological polar surface area (TPSA) is 52.7 Å². The Kier molecular flexibility index (Phi) is 7.53. The smallest absolute Gasteiger partial charge is 0.246 e. The Balaban J connectivity index is 1.61. The zero-order valence-electron chi connectivity index (χ0n) is 17.1. The molecule has 1 aliphatic rings. The molecule has 2 aromatic carbocycles. The molecule has 2 amide bonds. The normalized spacial score (nSPS) is 17.3. The van der Waals surface area contributed by atoms with Gasteiger partial charge in [0.25, 0.3) is 0 Å². The van der Waals surface area contributed by atoms with Crippen molar-refractivity contribution in [1.82, 2.24) is 9.80 Å². The molecule has 5 nitrogen and oxygen atoms in total. The van der Waals surface area contributed by atoms with Crippen molar-refractivity contribution in [2.75, 3.05) is 25.0 Å². The third kappa shape index (κ3) is 6.08. The molecule has 1 atom stereocenters. The molecule has 3 rings (SSSR count). The number of halogens is 2. The monoisotopic (exact) mass is 445 g/mol. The molecule has 0 bridgehead atoms. The van der Waals surface area contributed by atoms with Gasteiger partial charge in [-0.05, 0) is 48.4 Å². The number of piperazine rings is 1. The molecule has 1 unspecified atom stereocenters. The molecule has 0 aliphatic carbocycles. The first-order valence-corrected chi connectivity index (χ1v) is 10.6. The molecule has 1 fully saturated rings. The summed E-state index contributed by atoms with van der Waals surface area (Å²) in [5.41, 5.74) is 2.52. The first kappa shape index (κ1) is 22.3. The Labute approximate surface area is 187 Å². The molecule has 0 saturated carbocycles. The maximum Gasteiger partial charge on any atom is 0.246 e. The zero-order chi connectivity index (χ0) is 21.7. The number of hydrogen-bond donors (Lipinski definition) is 1. The van der Waals surface area contributed by atoms with Gasteiger partial charge >= 0.3 is 0 Å². The Morgan fingerprint density at radius 1 is 1.10 bits per heavy atom. The summed E-state index contributed by atoms with van der Waals surface area (Å²) < 4.78 is 0. The molecule has 0 spiro atoms. The van der Waals surface area contributed by atoms with Crippen LogP contribution in [0.2, 0.25) is 10.0 Å². The molecule has 30 heavy (non-hydrogen) atoms. The third-order valence-corrected chi connectivity index (χ3v) is 5.53. The summed E-state index contributed by atoms with van der Waals surface area (Å²) in [5.74, 6) is -0.235. The lowest BCUT2D eigenvalue weighted by Crippen LogP contribution is -2.53. The van der Waals surface area contributed by atoms with Crippen LogP contribution in [0.15, 0.2) is 48.5 Å². The molecular formula is C23H25Cl2N3O2. The van der Waals surface area contributed by atoms with Gasteiger partial charge in [-0.2, -0.15) is 0 Å². The first-order valence-electron chi connectivity index (χ1n) is 9.84. The average Bonchev–Trinajstić information content (AvgIpc) is 2.68. The Morgan fingerprint density at radius 2 is 1.80 bits per heavy atom. The summed E-state index contributed by atoms with van der Waals surface area (Å²) in [7, 11) is 0. The maximum atomic E-state index is 12.8. The number of rotatable bonds is 5. The molecular weight excluding hydrogens is 421 g/mol. The molecule has 1 N–H and O–H groups in total. The van der Waals surface area contributed by atoms with Crippen LogP contribution in [0, 0.1) is 0 Å². The molecule has 7 heteroatoms. The second-order valence-electron chi connectivity index (χ2n) is 7.49. The van der Waals surface area contributed by atoms with Crippen LogP contribution in [0.5, 0.6) is 0 Å². The fourth-order valence-corrected chi connectivity index (χ4v) is 3.88. The second kappa shape index (κ2) is 10.1. The fourth-order valence-electron chi connectivity index (χ4n) is 3.58. The molecule has 0 radical (unpaired) electrons. The molecule has 1 aliphatic heterocycles. The average molecular weight is 446 g/mol. The van der Waals surface area contributed by atoms with E-state index in [0.29, 0.717) is 17.3 Å². The van der Waals surface area contributed by atoms with Gasteiger partial charge in [0.1, 0.15) is 0 Å². The quantitative estimate of drug-likeness (QED) is 0.678. The van der Waals surface area contributed by atoms with E-state index >= 15 is 0 Å². The Morgan fingerprint density at radius 3 is 2.47 bits per heavy atom. The molecule has 0 aromatic heterocycles. The van der Waals surface area contributed by atoms with Crippen molar-refractivity contribution in [3.63, 3.8) is 0 Å². The van der Waals surface area contributed by atoms with Gasteiger partial charge in [0.15, 0.2) is 0 Å². The number of anilines is 1. The summed E-state index contributed by atoms with van der Waals surface area (Å²) in [6, 6.07) is 13.2. The lowest BCUT2D eigenvalue weighted by molar-refractivity contribution is -0.130. The van der Waals surface area contributed by atoms with Crippen molar-refractivity contribution in [2.24, 2.45) is 0 Å². The van der Waals surface area contributed by atoms with Crippen LogP contribution in [0.25, 0.3) is 6.08 Å². The van der Waals surface area contributed by atoms with E-state index in [0.717, 1.165) is 30.2 Å². The van der Waals surface area contributed by atoms with E-state index in [4.69, 9.17) is 23.2 Å². The highest BCUT2D eigenvalue weighted by Crippen LogP contribution is 2.23. The molecule has 1 saturated heterocycles. The van der Waals surface area contributed by atoms with Gasteiger partial charge in [-0.15, -0.1) is 0 Å². The van der Waals surface area contributed by atoms with Gasteiger partial charge in [-0.3, -0.25) is 14.5 Å². The maximum absolute atomic E-state index is 12.8. The van der Waals surface area contributed by atoms with Gasteiger partial charge in [0.05, 0.1) is 0 Å². The number of carbonyl (C=O) groups is 2. The van der Waals surface area contributed by atoms with Crippen molar-refractivity contribution < 1.29 is 9.59 Å². The Hall–Kier alpha value is -2.34. The highest BCUT2D eigenvalue weighted by Gasteiger charge is 2.26. The van der Waals surface area contributed by atoms with E-state index in [-0.39, 0.29) is 17.9 Å². The SMILES string of the molecule is CC(=O)Nc1cc(Cl)ccc1/C=C/C(=O)N1CCN(Cc2ccc(Cl)cc2)CC1C.